The summed E-state index contributed by atoms with van der Waals surface area (Å²) in [4.78, 5) is 0. The van der Waals surface area contributed by atoms with Crippen molar-refractivity contribution in [3.63, 3.8) is 0 Å². The highest BCUT2D eigenvalue weighted by Gasteiger charge is 2.30. The van der Waals surface area contributed by atoms with E-state index in [1.165, 1.54) is 12.8 Å². The highest BCUT2D eigenvalue weighted by atomic mass is 14.4. The van der Waals surface area contributed by atoms with Crippen molar-refractivity contribution in [2.75, 3.05) is 0 Å². The summed E-state index contributed by atoms with van der Waals surface area (Å²) in [7, 11) is 0. The quantitative estimate of drug-likeness (QED) is 0.403. The summed E-state index contributed by atoms with van der Waals surface area (Å²) < 4.78 is 0. The molecule has 0 spiro atoms. The first-order valence-electron chi connectivity index (χ1n) is 2.00. The minimum absolute atomic E-state index is 0.250. The molecule has 0 nitrogen and oxygen atoms in total. The molecule has 1 fully saturated rings. The Bertz CT molecular complexity index is 38.0. The van der Waals surface area contributed by atoms with Gasteiger partial charge >= 0.3 is 0 Å². The van der Waals surface area contributed by atoms with Crippen LogP contribution in [0.15, 0.2) is 0 Å². The van der Waals surface area contributed by atoms with Crippen molar-refractivity contribution >= 4 is 0 Å². The van der Waals surface area contributed by atoms with Gasteiger partial charge in [-0.2, -0.15) is 0 Å². The zero-order valence-corrected chi connectivity index (χ0v) is 3.49. The maximum atomic E-state index is 5.47. The van der Waals surface area contributed by atoms with Gasteiger partial charge in [0, 0.05) is 0 Å². The van der Waals surface area contributed by atoms with E-state index in [4.69, 9.17) is 6.92 Å². The second-order valence-electron chi connectivity index (χ2n) is 2.15. The molecule has 0 aromatic heterocycles. The van der Waals surface area contributed by atoms with Crippen LogP contribution in [0, 0.1) is 12.3 Å². The summed E-state index contributed by atoms with van der Waals surface area (Å²) in [5, 5.41) is 0. The molecule has 0 heteroatoms. The SMILES string of the molecule is [CH]C1(C)CC1. The van der Waals surface area contributed by atoms with Crippen LogP contribution in [0.3, 0.4) is 0 Å². The maximum absolute atomic E-state index is 5.47. The van der Waals surface area contributed by atoms with Crippen molar-refractivity contribution in [2.45, 2.75) is 19.8 Å². The van der Waals surface area contributed by atoms with Crippen LogP contribution in [0.25, 0.3) is 0 Å². The zero-order chi connectivity index (χ0) is 3.91. The van der Waals surface area contributed by atoms with Gasteiger partial charge < -0.3 is 0 Å². The molecule has 0 atom stereocenters. The first-order valence-corrected chi connectivity index (χ1v) is 2.00. The van der Waals surface area contributed by atoms with E-state index in [2.05, 4.69) is 6.92 Å². The predicted octanol–water partition coefficient (Wildman–Crippen LogP) is 1.50. The van der Waals surface area contributed by atoms with E-state index in [1.54, 1.807) is 0 Å². The van der Waals surface area contributed by atoms with Crippen molar-refractivity contribution in [3.05, 3.63) is 6.92 Å². The number of rotatable bonds is 0. The lowest BCUT2D eigenvalue weighted by molar-refractivity contribution is 0.742. The average Bonchev–Trinajstić information content (AvgIpc) is 1.76. The molecule has 0 amide bonds. The fourth-order valence-electron chi connectivity index (χ4n) is 0.197. The molecular weight excluding hydrogens is 60.1 g/mol. The minimum Gasteiger partial charge on any atom is -0.0594 e. The lowest BCUT2D eigenvalue weighted by Gasteiger charge is -1.85. The molecule has 0 N–H and O–H groups in total. The Labute approximate surface area is 33.2 Å². The van der Waals surface area contributed by atoms with Gasteiger partial charge in [0.1, 0.15) is 0 Å². The molecule has 0 aromatic rings. The van der Waals surface area contributed by atoms with E-state index in [-0.39, 0.29) is 5.41 Å². The van der Waals surface area contributed by atoms with Crippen molar-refractivity contribution in [1.29, 1.82) is 0 Å². The van der Waals surface area contributed by atoms with Gasteiger partial charge in [0.25, 0.3) is 0 Å². The zero-order valence-electron chi connectivity index (χ0n) is 3.49. The largest absolute Gasteiger partial charge is 0.0594 e. The van der Waals surface area contributed by atoms with E-state index in [9.17, 15) is 0 Å². The van der Waals surface area contributed by atoms with Crippen LogP contribution >= 0.6 is 0 Å². The van der Waals surface area contributed by atoms with Crippen LogP contribution in [-0.2, 0) is 0 Å². The molecule has 0 aromatic carbocycles. The second-order valence-corrected chi connectivity index (χ2v) is 2.15. The Morgan fingerprint density at radius 1 is 1.60 bits per heavy atom. The highest BCUT2D eigenvalue weighted by molar-refractivity contribution is 4.90. The van der Waals surface area contributed by atoms with Gasteiger partial charge in [0.05, 0.1) is 0 Å². The molecule has 1 rings (SSSR count). The summed E-state index contributed by atoms with van der Waals surface area (Å²) >= 11 is 0. The molecule has 2 radical (unpaired) electrons. The third-order valence-corrected chi connectivity index (χ3v) is 1.04. The lowest BCUT2D eigenvalue weighted by Crippen LogP contribution is -1.76. The topological polar surface area (TPSA) is 0 Å². The van der Waals surface area contributed by atoms with E-state index < -0.39 is 0 Å². The molecule has 0 aliphatic heterocycles. The van der Waals surface area contributed by atoms with Gasteiger partial charge in [-0.05, 0) is 25.2 Å². The van der Waals surface area contributed by atoms with Gasteiger partial charge in [0.15, 0.2) is 0 Å². The summed E-state index contributed by atoms with van der Waals surface area (Å²) in [6, 6.07) is 0. The smallest absolute Gasteiger partial charge is 0.0287 e. The predicted molar refractivity (Wildman–Crippen MR) is 21.6 cm³/mol. The maximum Gasteiger partial charge on any atom is -0.0287 e. The lowest BCUT2D eigenvalue weighted by atomic mass is 10.2. The molecule has 1 saturated carbocycles. The Balaban J connectivity index is 2.38. The number of hydrogen-bond acceptors (Lipinski definition) is 0. The monoisotopic (exact) mass is 68.1 g/mol. The molecule has 0 heterocycles. The van der Waals surface area contributed by atoms with E-state index in [0.717, 1.165) is 0 Å². The Morgan fingerprint density at radius 3 is 1.80 bits per heavy atom. The van der Waals surface area contributed by atoms with Crippen molar-refractivity contribution in [2.24, 2.45) is 5.41 Å². The van der Waals surface area contributed by atoms with Crippen LogP contribution < -0.4 is 0 Å². The molecule has 1 aliphatic rings. The molecule has 0 bridgehead atoms. The molecule has 5 heavy (non-hydrogen) atoms. The van der Waals surface area contributed by atoms with Crippen LogP contribution in [0.1, 0.15) is 19.8 Å². The van der Waals surface area contributed by atoms with E-state index in [0.29, 0.717) is 0 Å². The first-order chi connectivity index (χ1) is 2.21. The van der Waals surface area contributed by atoms with Crippen molar-refractivity contribution < 1.29 is 0 Å². The fraction of sp³-hybridized carbons (Fsp3) is 0.800. The van der Waals surface area contributed by atoms with Crippen LogP contribution in [0.5, 0.6) is 0 Å². The molecule has 0 saturated heterocycles. The minimum atomic E-state index is 0.250. The third-order valence-electron chi connectivity index (χ3n) is 1.04. The Kier molecular flexibility index (Phi) is 0.360. The average molecular weight is 68.1 g/mol. The van der Waals surface area contributed by atoms with Gasteiger partial charge in [-0.3, -0.25) is 0 Å². The molecule has 1 aliphatic carbocycles. The molecular formula is C5H8. The highest BCUT2D eigenvalue weighted by Crippen LogP contribution is 2.43. The first kappa shape index (κ1) is 3.20. The number of hydrogen-bond donors (Lipinski definition) is 0. The van der Waals surface area contributed by atoms with E-state index >= 15 is 0 Å². The summed E-state index contributed by atoms with van der Waals surface area (Å²) in [6.45, 7) is 7.54. The normalized spacial score (nSPS) is 30.0. The second kappa shape index (κ2) is 0.562. The fourth-order valence-corrected chi connectivity index (χ4v) is 0.197. The van der Waals surface area contributed by atoms with Crippen LogP contribution in [-0.4, -0.2) is 0 Å². The summed E-state index contributed by atoms with van der Waals surface area (Å²) in [5.74, 6) is 0. The molecule has 28 valence electrons. The van der Waals surface area contributed by atoms with Gasteiger partial charge in [-0.1, -0.05) is 6.92 Å². The summed E-state index contributed by atoms with van der Waals surface area (Å²) in [6.07, 6.45) is 2.46. The third kappa shape index (κ3) is 0.640. The molecule has 0 unspecified atom stereocenters. The van der Waals surface area contributed by atoms with Gasteiger partial charge in [-0.15, -0.1) is 0 Å². The Hall–Kier alpha value is 0. The Morgan fingerprint density at radius 2 is 1.80 bits per heavy atom. The van der Waals surface area contributed by atoms with Gasteiger partial charge in [0.2, 0.25) is 0 Å². The summed E-state index contributed by atoms with van der Waals surface area (Å²) in [5.41, 5.74) is 0.250. The van der Waals surface area contributed by atoms with Crippen LogP contribution in [0.2, 0.25) is 0 Å². The van der Waals surface area contributed by atoms with Crippen LogP contribution in [0.4, 0.5) is 0 Å². The van der Waals surface area contributed by atoms with E-state index in [1.807, 2.05) is 0 Å². The van der Waals surface area contributed by atoms with Crippen molar-refractivity contribution in [3.8, 4) is 0 Å². The van der Waals surface area contributed by atoms with Crippen molar-refractivity contribution in [1.82, 2.24) is 0 Å². The standard InChI is InChI=1S/C5H8/c1-5(2)3-4-5/h1H,3-4H2,2H3. The van der Waals surface area contributed by atoms with Gasteiger partial charge in [-0.25, -0.2) is 0 Å².